The van der Waals surface area contributed by atoms with Gasteiger partial charge in [0.2, 0.25) is 0 Å². The monoisotopic (exact) mass is 430 g/mol. The lowest BCUT2D eigenvalue weighted by Gasteiger charge is -2.28. The Morgan fingerprint density at radius 3 is 2.61 bits per heavy atom. The van der Waals surface area contributed by atoms with Gasteiger partial charge in [-0.05, 0) is 55.9 Å². The average molecular weight is 431 g/mol. The van der Waals surface area contributed by atoms with Crippen LogP contribution in [0.1, 0.15) is 40.3 Å². The first-order valence-corrected chi connectivity index (χ1v) is 10.5. The molecular formula is C22H22N8S. The first-order valence-electron chi connectivity index (χ1n) is 10.0. The fourth-order valence-corrected chi connectivity index (χ4v) is 4.64. The SMILES string of the molecule is Cc1cc([C@H]2[C@H](c3ccccn3)NC(=S)N2Cc2cccnc2)c(C)n1-n1cnnc1. The second kappa shape index (κ2) is 7.92. The molecule has 31 heavy (non-hydrogen) atoms. The van der Waals surface area contributed by atoms with Gasteiger partial charge in [0.1, 0.15) is 12.7 Å². The number of nitrogens with one attached hydrogen (secondary N) is 1. The maximum atomic E-state index is 5.79. The van der Waals surface area contributed by atoms with E-state index in [0.717, 1.165) is 22.6 Å². The number of hydrogen-bond donors (Lipinski definition) is 1. The van der Waals surface area contributed by atoms with Crippen LogP contribution in [-0.2, 0) is 6.54 Å². The van der Waals surface area contributed by atoms with Gasteiger partial charge in [0.15, 0.2) is 5.11 Å². The van der Waals surface area contributed by atoms with Gasteiger partial charge in [0, 0.05) is 42.1 Å². The molecule has 4 aromatic heterocycles. The van der Waals surface area contributed by atoms with Crippen molar-refractivity contribution in [2.24, 2.45) is 0 Å². The van der Waals surface area contributed by atoms with Gasteiger partial charge in [-0.25, -0.2) is 4.68 Å². The van der Waals surface area contributed by atoms with Crippen LogP contribution in [0.5, 0.6) is 0 Å². The molecule has 0 aromatic carbocycles. The Hall–Kier alpha value is -3.59. The van der Waals surface area contributed by atoms with Crippen molar-refractivity contribution in [1.82, 2.24) is 39.7 Å². The molecule has 0 unspecified atom stereocenters. The Labute approximate surface area is 185 Å². The van der Waals surface area contributed by atoms with Gasteiger partial charge in [-0.1, -0.05) is 12.1 Å². The summed E-state index contributed by atoms with van der Waals surface area (Å²) in [6.45, 7) is 4.85. The third kappa shape index (κ3) is 3.46. The van der Waals surface area contributed by atoms with Crippen LogP contribution in [0, 0.1) is 13.8 Å². The van der Waals surface area contributed by atoms with E-state index in [4.69, 9.17) is 12.2 Å². The molecule has 0 amide bonds. The third-order valence-corrected chi connectivity index (χ3v) is 6.02. The molecule has 5 rings (SSSR count). The topological polar surface area (TPSA) is 76.7 Å². The first-order chi connectivity index (χ1) is 15.1. The van der Waals surface area contributed by atoms with Crippen LogP contribution >= 0.6 is 12.2 Å². The van der Waals surface area contributed by atoms with Crippen molar-refractivity contribution in [2.75, 3.05) is 0 Å². The Morgan fingerprint density at radius 2 is 1.90 bits per heavy atom. The van der Waals surface area contributed by atoms with E-state index in [9.17, 15) is 0 Å². The normalized spacial score (nSPS) is 18.4. The second-order valence-corrected chi connectivity index (χ2v) is 7.98. The molecule has 0 bridgehead atoms. The lowest BCUT2D eigenvalue weighted by molar-refractivity contribution is 0.309. The summed E-state index contributed by atoms with van der Waals surface area (Å²) >= 11 is 5.79. The maximum absolute atomic E-state index is 5.79. The summed E-state index contributed by atoms with van der Waals surface area (Å²) in [6, 6.07) is 12.1. The zero-order valence-electron chi connectivity index (χ0n) is 17.3. The average Bonchev–Trinajstić information content (AvgIpc) is 3.49. The van der Waals surface area contributed by atoms with Crippen LogP contribution in [-0.4, -0.2) is 39.5 Å². The van der Waals surface area contributed by atoms with Gasteiger partial charge in [0.05, 0.1) is 17.8 Å². The molecule has 0 spiro atoms. The number of hydrogen-bond acceptors (Lipinski definition) is 5. The maximum Gasteiger partial charge on any atom is 0.170 e. The lowest BCUT2D eigenvalue weighted by atomic mass is 9.96. The standard InChI is InChI=1S/C22H22N8S/c1-15-10-18(16(2)30(15)28-13-25-26-14-28)21-20(19-7-3-4-9-24-19)27-22(31)29(21)12-17-6-5-8-23-11-17/h3-11,13-14,20-21H,12H2,1-2H3,(H,27,31)/t20-,21-/m0/s1. The van der Waals surface area contributed by atoms with Crippen molar-refractivity contribution in [3.05, 3.63) is 95.9 Å². The molecule has 1 fully saturated rings. The summed E-state index contributed by atoms with van der Waals surface area (Å²) in [6.07, 6.45) is 8.89. The molecule has 9 heteroatoms. The number of aromatic nitrogens is 6. The fourth-order valence-electron chi connectivity index (χ4n) is 4.33. The highest BCUT2D eigenvalue weighted by Crippen LogP contribution is 2.41. The van der Waals surface area contributed by atoms with Gasteiger partial charge >= 0.3 is 0 Å². The van der Waals surface area contributed by atoms with Crippen molar-refractivity contribution in [3.63, 3.8) is 0 Å². The van der Waals surface area contributed by atoms with Crippen LogP contribution in [0.3, 0.4) is 0 Å². The van der Waals surface area contributed by atoms with Crippen molar-refractivity contribution in [1.29, 1.82) is 0 Å². The van der Waals surface area contributed by atoms with Crippen LogP contribution < -0.4 is 5.32 Å². The van der Waals surface area contributed by atoms with E-state index < -0.39 is 0 Å². The molecule has 0 aliphatic carbocycles. The van der Waals surface area contributed by atoms with E-state index in [1.807, 2.05) is 41.3 Å². The summed E-state index contributed by atoms with van der Waals surface area (Å²) in [5.41, 5.74) is 5.43. The molecule has 0 saturated carbocycles. The summed E-state index contributed by atoms with van der Waals surface area (Å²) in [5, 5.41) is 12.1. The van der Waals surface area contributed by atoms with E-state index in [-0.39, 0.29) is 12.1 Å². The number of aryl methyl sites for hydroxylation is 1. The van der Waals surface area contributed by atoms with E-state index in [1.165, 1.54) is 5.56 Å². The lowest BCUT2D eigenvalue weighted by Crippen LogP contribution is -2.29. The minimum Gasteiger partial charge on any atom is -0.352 e. The van der Waals surface area contributed by atoms with Crippen LogP contribution in [0.4, 0.5) is 0 Å². The summed E-state index contributed by atoms with van der Waals surface area (Å²) in [4.78, 5) is 11.1. The predicted octanol–water partition coefficient (Wildman–Crippen LogP) is 2.97. The molecule has 1 aliphatic rings. The van der Waals surface area contributed by atoms with Crippen LogP contribution in [0.25, 0.3) is 0 Å². The molecule has 2 atom stereocenters. The van der Waals surface area contributed by atoms with Crippen LogP contribution in [0.15, 0.2) is 67.6 Å². The van der Waals surface area contributed by atoms with Crippen molar-refractivity contribution in [2.45, 2.75) is 32.5 Å². The van der Waals surface area contributed by atoms with E-state index in [0.29, 0.717) is 11.7 Å². The Bertz CT molecular complexity index is 1190. The second-order valence-electron chi connectivity index (χ2n) is 7.60. The molecule has 5 heterocycles. The third-order valence-electron chi connectivity index (χ3n) is 5.66. The highest BCUT2D eigenvalue weighted by atomic mass is 32.1. The Morgan fingerprint density at radius 1 is 1.06 bits per heavy atom. The quantitative estimate of drug-likeness (QED) is 0.488. The number of pyridine rings is 2. The van der Waals surface area contributed by atoms with Crippen molar-refractivity contribution >= 4 is 17.3 Å². The first kappa shape index (κ1) is 19.4. The van der Waals surface area contributed by atoms with Crippen molar-refractivity contribution in [3.8, 4) is 0 Å². The molecular weight excluding hydrogens is 408 g/mol. The highest BCUT2D eigenvalue weighted by Gasteiger charge is 2.41. The molecule has 0 radical (unpaired) electrons. The van der Waals surface area contributed by atoms with Gasteiger partial charge in [0.25, 0.3) is 0 Å². The highest BCUT2D eigenvalue weighted by molar-refractivity contribution is 7.80. The minimum atomic E-state index is -0.0692. The number of rotatable bonds is 5. The van der Waals surface area contributed by atoms with Gasteiger partial charge in [-0.15, -0.1) is 10.2 Å². The van der Waals surface area contributed by atoms with Crippen molar-refractivity contribution < 1.29 is 0 Å². The van der Waals surface area contributed by atoms with E-state index in [1.54, 1.807) is 18.9 Å². The zero-order valence-corrected chi connectivity index (χ0v) is 18.1. The summed E-state index contributed by atoms with van der Waals surface area (Å²) in [5.74, 6) is 0. The van der Waals surface area contributed by atoms with E-state index in [2.05, 4.69) is 61.0 Å². The molecule has 1 saturated heterocycles. The largest absolute Gasteiger partial charge is 0.352 e. The smallest absolute Gasteiger partial charge is 0.170 e. The number of thiocarbonyl (C=S) groups is 1. The molecule has 1 N–H and O–H groups in total. The summed E-state index contributed by atoms with van der Waals surface area (Å²) in [7, 11) is 0. The fraction of sp³-hybridized carbons (Fsp3) is 0.227. The summed E-state index contributed by atoms with van der Waals surface area (Å²) < 4.78 is 3.99. The van der Waals surface area contributed by atoms with Crippen LogP contribution in [0.2, 0.25) is 0 Å². The molecule has 156 valence electrons. The predicted molar refractivity (Wildman–Crippen MR) is 120 cm³/mol. The molecule has 8 nitrogen and oxygen atoms in total. The Kier molecular flexibility index (Phi) is 4.95. The van der Waals surface area contributed by atoms with Gasteiger partial charge in [-0.2, -0.15) is 0 Å². The van der Waals surface area contributed by atoms with Gasteiger partial charge in [-0.3, -0.25) is 14.6 Å². The molecule has 4 aromatic rings. The molecule has 1 aliphatic heterocycles. The van der Waals surface area contributed by atoms with E-state index >= 15 is 0 Å². The van der Waals surface area contributed by atoms with Gasteiger partial charge < -0.3 is 10.2 Å². The minimum absolute atomic E-state index is 0.0287. The zero-order chi connectivity index (χ0) is 21.4. The Balaban J connectivity index is 1.62. The number of nitrogens with zero attached hydrogens (tertiary/aromatic N) is 7.